The van der Waals surface area contributed by atoms with Crippen LogP contribution in [0.2, 0.25) is 0 Å². The Hall–Kier alpha value is -2.82. The topological polar surface area (TPSA) is 121 Å². The summed E-state index contributed by atoms with van der Waals surface area (Å²) in [5.74, 6) is -4.46. The number of hydrogen-bond acceptors (Lipinski definition) is 6. The smallest absolute Gasteiger partial charge is 0.488 e. The lowest BCUT2D eigenvalue weighted by molar-refractivity contribution is -0.192. The Morgan fingerprint density at radius 1 is 0.923 bits per heavy atom. The van der Waals surface area contributed by atoms with Gasteiger partial charge < -0.3 is 9.84 Å². The van der Waals surface area contributed by atoms with Gasteiger partial charge in [0.25, 0.3) is 0 Å². The van der Waals surface area contributed by atoms with Crippen molar-refractivity contribution in [2.45, 2.75) is 48.3 Å². The van der Waals surface area contributed by atoms with Gasteiger partial charge in [0.15, 0.2) is 4.90 Å². The van der Waals surface area contributed by atoms with Crippen LogP contribution in [0, 0.1) is 11.6 Å². The lowest BCUT2D eigenvalue weighted by Gasteiger charge is -2.34. The van der Waals surface area contributed by atoms with E-state index in [-0.39, 0.29) is 36.7 Å². The second-order valence-corrected chi connectivity index (χ2v) is 13.1. The van der Waals surface area contributed by atoms with E-state index < -0.39 is 48.7 Å². The van der Waals surface area contributed by atoms with Gasteiger partial charge in [0.05, 0.1) is 4.90 Å². The summed E-state index contributed by atoms with van der Waals surface area (Å²) in [6, 6.07) is 7.55. The molecule has 1 saturated heterocycles. The van der Waals surface area contributed by atoms with Crippen LogP contribution in [-0.2, 0) is 31.3 Å². The number of benzene rings is 2. The number of alkyl halides is 3. The van der Waals surface area contributed by atoms with E-state index in [0.717, 1.165) is 34.5 Å². The van der Waals surface area contributed by atoms with Crippen LogP contribution in [-0.4, -0.2) is 74.5 Å². The van der Waals surface area contributed by atoms with Gasteiger partial charge in [-0.05, 0) is 62.6 Å². The summed E-state index contributed by atoms with van der Waals surface area (Å²) in [7, 11) is -8.30. The number of piperazine rings is 1. The molecule has 4 rings (SSSR count). The molecule has 0 atom stereocenters. The molecule has 1 N–H and O–H groups in total. The maximum absolute atomic E-state index is 14.0. The van der Waals surface area contributed by atoms with E-state index >= 15 is 0 Å². The summed E-state index contributed by atoms with van der Waals surface area (Å²) < 4.78 is 119. The van der Waals surface area contributed by atoms with E-state index in [0.29, 0.717) is 12.2 Å². The molecular formula is C23H25F5N2O7S2. The van der Waals surface area contributed by atoms with E-state index in [2.05, 4.69) is 0 Å². The van der Waals surface area contributed by atoms with E-state index in [1.54, 1.807) is 12.1 Å². The Balaban J connectivity index is 0.000000532. The molecule has 0 unspecified atom stereocenters. The zero-order valence-corrected chi connectivity index (χ0v) is 22.3. The average molecular weight is 601 g/mol. The number of aryl methyl sites for hydroxylation is 1. The van der Waals surface area contributed by atoms with Crippen LogP contribution in [0.5, 0.6) is 5.75 Å². The van der Waals surface area contributed by atoms with Gasteiger partial charge in [-0.1, -0.05) is 6.07 Å². The summed E-state index contributed by atoms with van der Waals surface area (Å²) >= 11 is 0. The summed E-state index contributed by atoms with van der Waals surface area (Å²) in [5, 5.41) is 7.12. The maximum Gasteiger partial charge on any atom is 0.490 e. The predicted molar refractivity (Wildman–Crippen MR) is 127 cm³/mol. The third-order valence-corrected chi connectivity index (χ3v) is 9.85. The monoisotopic (exact) mass is 600 g/mol. The van der Waals surface area contributed by atoms with E-state index in [9.17, 15) is 38.8 Å². The number of ether oxygens (including phenoxy) is 1. The lowest BCUT2D eigenvalue weighted by Crippen LogP contribution is -2.50. The molecule has 0 aromatic heterocycles. The van der Waals surface area contributed by atoms with Crippen molar-refractivity contribution in [3.8, 4) is 5.75 Å². The number of nitrogens with zero attached hydrogens (tertiary/aromatic N) is 2. The Labute approximate surface area is 221 Å². The minimum absolute atomic E-state index is 0.107. The largest absolute Gasteiger partial charge is 0.490 e. The molecule has 2 aliphatic rings. The highest BCUT2D eigenvalue weighted by molar-refractivity contribution is 7.89. The molecule has 2 aromatic rings. The molecule has 39 heavy (non-hydrogen) atoms. The first-order chi connectivity index (χ1) is 17.9. The summed E-state index contributed by atoms with van der Waals surface area (Å²) in [5.41, 5.74) is 0.494. The van der Waals surface area contributed by atoms with Crippen molar-refractivity contribution in [1.82, 2.24) is 8.61 Å². The summed E-state index contributed by atoms with van der Waals surface area (Å²) in [6.07, 6.45) is -3.64. The van der Waals surface area contributed by atoms with Crippen molar-refractivity contribution in [2.24, 2.45) is 0 Å². The van der Waals surface area contributed by atoms with Crippen molar-refractivity contribution < 1.29 is 53.4 Å². The highest BCUT2D eigenvalue weighted by Crippen LogP contribution is 2.35. The normalized spacial score (nSPS) is 18.3. The Kier molecular flexibility index (Phi) is 8.65. The minimum Gasteiger partial charge on any atom is -0.488 e. The first-order valence-corrected chi connectivity index (χ1v) is 14.3. The van der Waals surface area contributed by atoms with Crippen molar-refractivity contribution in [3.05, 3.63) is 53.6 Å². The number of aliphatic carboxylic acids is 1. The van der Waals surface area contributed by atoms with Crippen molar-refractivity contribution in [2.75, 3.05) is 26.2 Å². The molecule has 0 bridgehead atoms. The van der Waals surface area contributed by atoms with E-state index in [4.69, 9.17) is 14.6 Å². The van der Waals surface area contributed by atoms with Crippen LogP contribution in [0.4, 0.5) is 22.0 Å². The molecular weight excluding hydrogens is 575 g/mol. The van der Waals surface area contributed by atoms with Gasteiger partial charge in [0, 0.05) is 26.2 Å². The number of carboxylic acid groups (broad SMARTS) is 1. The zero-order valence-electron chi connectivity index (χ0n) is 20.7. The number of halogens is 5. The fourth-order valence-electron chi connectivity index (χ4n) is 3.95. The molecule has 0 aliphatic carbocycles. The first-order valence-electron chi connectivity index (χ1n) is 11.4. The van der Waals surface area contributed by atoms with E-state index in [1.807, 2.05) is 13.8 Å². The van der Waals surface area contributed by atoms with Crippen LogP contribution in [0.15, 0.2) is 46.2 Å². The molecule has 16 heteroatoms. The van der Waals surface area contributed by atoms with Crippen molar-refractivity contribution in [3.63, 3.8) is 0 Å². The average Bonchev–Trinajstić information content (AvgIpc) is 2.83. The Morgan fingerprint density at radius 2 is 1.41 bits per heavy atom. The Morgan fingerprint density at radius 3 is 1.90 bits per heavy atom. The maximum atomic E-state index is 14.0. The van der Waals surface area contributed by atoms with Crippen molar-refractivity contribution in [1.29, 1.82) is 0 Å². The number of carboxylic acids is 1. The number of fused-ring (bicyclic) bond motifs is 1. The molecule has 2 aromatic carbocycles. The molecule has 0 radical (unpaired) electrons. The first kappa shape index (κ1) is 30.7. The highest BCUT2D eigenvalue weighted by atomic mass is 32.2. The third kappa shape index (κ3) is 6.85. The minimum atomic E-state index is -5.08. The van der Waals surface area contributed by atoms with Gasteiger partial charge >= 0.3 is 12.1 Å². The second kappa shape index (κ2) is 11.0. The number of rotatable bonds is 4. The number of sulfonamides is 2. The standard InChI is InChI=1S/C21H24F2N2O5S2.C2HF3O2/c1-21(2)9-8-15-14-16(6-7-19(15)30-21)31(26,27)24-10-12-25(13-11-24)32(28,29)20-17(22)4-3-5-18(20)23;3-2(4,5)1(6)7/h3-7,14H,8-13H2,1-2H3;(H,6,7). The molecule has 2 aliphatic heterocycles. The highest BCUT2D eigenvalue weighted by Gasteiger charge is 2.38. The molecule has 0 spiro atoms. The third-order valence-electron chi connectivity index (χ3n) is 6.01. The molecule has 0 amide bonds. The van der Waals surface area contributed by atoms with Gasteiger partial charge in [0.2, 0.25) is 20.0 Å². The SMILES string of the molecule is CC1(C)CCc2cc(S(=O)(=O)N3CCN(S(=O)(=O)c4c(F)cccc4F)CC3)ccc2O1.O=C(O)C(F)(F)F. The van der Waals surface area contributed by atoms with Crippen LogP contribution in [0.1, 0.15) is 25.8 Å². The predicted octanol–water partition coefficient (Wildman–Crippen LogP) is 3.40. The van der Waals surface area contributed by atoms with Gasteiger partial charge in [-0.25, -0.2) is 30.4 Å². The molecule has 216 valence electrons. The quantitative estimate of drug-likeness (QED) is 0.534. The summed E-state index contributed by atoms with van der Waals surface area (Å²) in [6.45, 7) is 3.27. The summed E-state index contributed by atoms with van der Waals surface area (Å²) in [4.78, 5) is 7.98. The van der Waals surface area contributed by atoms with Gasteiger partial charge in [0.1, 0.15) is 23.0 Å². The number of carbonyl (C=O) groups is 1. The van der Waals surface area contributed by atoms with Crippen LogP contribution in [0.25, 0.3) is 0 Å². The van der Waals surface area contributed by atoms with Crippen LogP contribution < -0.4 is 4.74 Å². The van der Waals surface area contributed by atoms with Gasteiger partial charge in [-0.15, -0.1) is 0 Å². The van der Waals surface area contributed by atoms with Gasteiger partial charge in [-0.2, -0.15) is 21.8 Å². The second-order valence-electron chi connectivity index (χ2n) is 9.29. The van der Waals surface area contributed by atoms with Crippen molar-refractivity contribution >= 4 is 26.0 Å². The fourth-order valence-corrected chi connectivity index (χ4v) is 6.96. The molecule has 1 fully saturated rings. The number of hydrogen-bond donors (Lipinski definition) is 1. The molecule has 0 saturated carbocycles. The van der Waals surface area contributed by atoms with Crippen LogP contribution >= 0.6 is 0 Å². The Bertz CT molecular complexity index is 1430. The lowest BCUT2D eigenvalue weighted by atomic mass is 9.94. The fraction of sp³-hybridized carbons (Fsp3) is 0.435. The van der Waals surface area contributed by atoms with Gasteiger partial charge in [-0.3, -0.25) is 0 Å². The molecule has 9 nitrogen and oxygen atoms in total. The molecule has 2 heterocycles. The van der Waals surface area contributed by atoms with E-state index in [1.165, 1.54) is 10.4 Å². The van der Waals surface area contributed by atoms with Crippen LogP contribution in [0.3, 0.4) is 0 Å². The zero-order chi connectivity index (χ0) is 29.4.